The molecule has 9 heavy (non-hydrogen) atoms. The van der Waals surface area contributed by atoms with E-state index in [4.69, 9.17) is 0 Å². The van der Waals surface area contributed by atoms with E-state index >= 15 is 0 Å². The van der Waals surface area contributed by atoms with Crippen LogP contribution in [0.1, 0.15) is 5.69 Å². The second-order valence-corrected chi connectivity index (χ2v) is 1.66. The summed E-state index contributed by atoms with van der Waals surface area (Å²) in [5.41, 5.74) is 0.951. The summed E-state index contributed by atoms with van der Waals surface area (Å²) in [6.07, 6.45) is 5.34. The summed E-state index contributed by atoms with van der Waals surface area (Å²) >= 11 is 0. The summed E-state index contributed by atoms with van der Waals surface area (Å²) in [5, 5.41) is 0. The Balaban J connectivity index is 2.85. The Morgan fingerprint density at radius 2 is 2.33 bits per heavy atom. The number of rotatable bonds is 1. The molecule has 1 heteroatoms. The van der Waals surface area contributed by atoms with E-state index in [9.17, 15) is 0 Å². The molecule has 1 nitrogen and oxygen atoms in total. The van der Waals surface area contributed by atoms with Crippen LogP contribution in [-0.2, 0) is 0 Å². The molecule has 0 atom stereocenters. The summed E-state index contributed by atoms with van der Waals surface area (Å²) in [7, 11) is 0. The maximum absolute atomic E-state index is 4.04. The first-order valence-electron chi connectivity index (χ1n) is 2.80. The molecule has 1 aromatic rings. The van der Waals surface area contributed by atoms with Gasteiger partial charge >= 0.3 is 0 Å². The normalized spacial score (nSPS) is 10.3. The summed E-state index contributed by atoms with van der Waals surface area (Å²) in [4.78, 5) is 4.04. The molecule has 0 aliphatic carbocycles. The van der Waals surface area contributed by atoms with Crippen LogP contribution in [0.4, 0.5) is 0 Å². The maximum atomic E-state index is 4.04. The predicted molar refractivity (Wildman–Crippen MR) is 38.6 cm³/mol. The second kappa shape index (κ2) is 3.02. The van der Waals surface area contributed by atoms with E-state index < -0.39 is 0 Å². The van der Waals surface area contributed by atoms with Crippen LogP contribution in [-0.4, -0.2) is 4.98 Å². The average Bonchev–Trinajstić information content (AvgIpc) is 1.91. The van der Waals surface area contributed by atoms with Crippen molar-refractivity contribution in [3.05, 3.63) is 43.1 Å². The van der Waals surface area contributed by atoms with Crippen molar-refractivity contribution >= 4 is 6.08 Å². The van der Waals surface area contributed by atoms with Gasteiger partial charge in [0, 0.05) is 6.20 Å². The maximum Gasteiger partial charge on any atom is 0.0626 e. The van der Waals surface area contributed by atoms with Crippen LogP contribution in [0.5, 0.6) is 0 Å². The standard InChI is InChI=1S/C8H8N/c1-2-5-8-6-3-4-7-9-8/h2-7H,1H2/b5-2+. The van der Waals surface area contributed by atoms with Gasteiger partial charge < -0.3 is 0 Å². The van der Waals surface area contributed by atoms with Crippen LogP contribution < -0.4 is 0 Å². The summed E-state index contributed by atoms with van der Waals surface area (Å²) < 4.78 is 0. The third kappa shape index (κ3) is 1.68. The van der Waals surface area contributed by atoms with Crippen LogP contribution in [0.3, 0.4) is 0 Å². The molecule has 0 spiro atoms. The number of allylic oxidation sites excluding steroid dienone is 1. The highest BCUT2D eigenvalue weighted by atomic mass is 14.6. The van der Waals surface area contributed by atoms with Gasteiger partial charge in [-0.3, -0.25) is 4.98 Å². The minimum Gasteiger partial charge on any atom is -0.257 e. The highest BCUT2D eigenvalue weighted by Crippen LogP contribution is 1.94. The Morgan fingerprint density at radius 3 is 2.89 bits per heavy atom. The minimum atomic E-state index is 0.951. The SMILES string of the molecule is [CH2]/C=C/c1ccccn1. The van der Waals surface area contributed by atoms with Crippen LogP contribution in [0.25, 0.3) is 6.08 Å². The number of nitrogens with zero attached hydrogens (tertiary/aromatic N) is 1. The van der Waals surface area contributed by atoms with Crippen LogP contribution >= 0.6 is 0 Å². The molecule has 45 valence electrons. The third-order valence-corrected chi connectivity index (χ3v) is 0.976. The molecule has 0 unspecified atom stereocenters. The first kappa shape index (κ1) is 6.02. The topological polar surface area (TPSA) is 12.9 Å². The van der Waals surface area contributed by atoms with E-state index in [0.717, 1.165) is 5.69 Å². The quantitative estimate of drug-likeness (QED) is 0.549. The molecule has 1 radical (unpaired) electrons. The smallest absolute Gasteiger partial charge is 0.0626 e. The molecule has 0 aromatic carbocycles. The lowest BCUT2D eigenvalue weighted by Gasteiger charge is -1.86. The number of hydrogen-bond acceptors (Lipinski definition) is 1. The van der Waals surface area contributed by atoms with E-state index in [2.05, 4.69) is 11.9 Å². The largest absolute Gasteiger partial charge is 0.257 e. The number of aromatic nitrogens is 1. The Kier molecular flexibility index (Phi) is 2.02. The molecule has 0 aliphatic heterocycles. The monoisotopic (exact) mass is 118 g/mol. The van der Waals surface area contributed by atoms with Crippen molar-refractivity contribution in [2.45, 2.75) is 0 Å². The highest BCUT2D eigenvalue weighted by Gasteiger charge is 1.79. The number of pyridine rings is 1. The van der Waals surface area contributed by atoms with E-state index in [1.807, 2.05) is 24.3 Å². The Morgan fingerprint density at radius 1 is 1.44 bits per heavy atom. The van der Waals surface area contributed by atoms with Gasteiger partial charge in [0.25, 0.3) is 0 Å². The zero-order valence-corrected chi connectivity index (χ0v) is 5.12. The van der Waals surface area contributed by atoms with Gasteiger partial charge in [0.15, 0.2) is 0 Å². The minimum absolute atomic E-state index is 0.951. The molecule has 0 amide bonds. The van der Waals surface area contributed by atoms with E-state index in [1.54, 1.807) is 12.3 Å². The summed E-state index contributed by atoms with van der Waals surface area (Å²) in [6.45, 7) is 3.56. The molecule has 1 rings (SSSR count). The molecule has 0 bridgehead atoms. The van der Waals surface area contributed by atoms with Crippen molar-refractivity contribution < 1.29 is 0 Å². The molecular weight excluding hydrogens is 110 g/mol. The molecule has 0 N–H and O–H groups in total. The highest BCUT2D eigenvalue weighted by molar-refractivity contribution is 5.44. The fourth-order valence-corrected chi connectivity index (χ4v) is 0.595. The zero-order chi connectivity index (χ0) is 6.53. The van der Waals surface area contributed by atoms with Gasteiger partial charge in [-0.15, -0.1) is 0 Å². The lowest BCUT2D eigenvalue weighted by Crippen LogP contribution is -1.74. The summed E-state index contributed by atoms with van der Waals surface area (Å²) in [6, 6.07) is 5.77. The van der Waals surface area contributed by atoms with Gasteiger partial charge in [0.2, 0.25) is 0 Å². The Labute approximate surface area is 55.1 Å². The van der Waals surface area contributed by atoms with Gasteiger partial charge in [-0.05, 0) is 25.1 Å². The van der Waals surface area contributed by atoms with Crippen LogP contribution in [0, 0.1) is 6.92 Å². The molecule has 0 aliphatic rings. The first-order chi connectivity index (χ1) is 4.43. The van der Waals surface area contributed by atoms with Gasteiger partial charge in [-0.1, -0.05) is 12.1 Å². The van der Waals surface area contributed by atoms with Crippen molar-refractivity contribution in [2.24, 2.45) is 0 Å². The van der Waals surface area contributed by atoms with Crippen molar-refractivity contribution in [1.82, 2.24) is 4.98 Å². The summed E-state index contributed by atoms with van der Waals surface area (Å²) in [5.74, 6) is 0. The molecule has 0 fully saturated rings. The van der Waals surface area contributed by atoms with E-state index in [0.29, 0.717) is 0 Å². The van der Waals surface area contributed by atoms with Gasteiger partial charge in [0.05, 0.1) is 5.69 Å². The Bertz CT molecular complexity index is 189. The lowest BCUT2D eigenvalue weighted by molar-refractivity contribution is 1.30. The van der Waals surface area contributed by atoms with Crippen molar-refractivity contribution in [3.63, 3.8) is 0 Å². The van der Waals surface area contributed by atoms with E-state index in [1.165, 1.54) is 0 Å². The van der Waals surface area contributed by atoms with Gasteiger partial charge in [-0.25, -0.2) is 0 Å². The fraction of sp³-hybridized carbons (Fsp3) is 0. The number of hydrogen-bond donors (Lipinski definition) is 0. The molecule has 1 heterocycles. The van der Waals surface area contributed by atoms with Gasteiger partial charge in [-0.2, -0.15) is 0 Å². The molecular formula is C8H8N. The van der Waals surface area contributed by atoms with Crippen molar-refractivity contribution in [3.8, 4) is 0 Å². The van der Waals surface area contributed by atoms with Gasteiger partial charge in [0.1, 0.15) is 0 Å². The first-order valence-corrected chi connectivity index (χ1v) is 2.80. The van der Waals surface area contributed by atoms with Crippen molar-refractivity contribution in [1.29, 1.82) is 0 Å². The zero-order valence-electron chi connectivity index (χ0n) is 5.12. The molecule has 0 saturated carbocycles. The van der Waals surface area contributed by atoms with Crippen LogP contribution in [0.2, 0.25) is 0 Å². The van der Waals surface area contributed by atoms with E-state index in [-0.39, 0.29) is 0 Å². The third-order valence-electron chi connectivity index (χ3n) is 0.976. The molecule has 0 saturated heterocycles. The molecule has 1 aromatic heterocycles. The lowest BCUT2D eigenvalue weighted by atomic mass is 10.3. The predicted octanol–water partition coefficient (Wildman–Crippen LogP) is 1.93. The fourth-order valence-electron chi connectivity index (χ4n) is 0.595. The average molecular weight is 118 g/mol. The van der Waals surface area contributed by atoms with Crippen molar-refractivity contribution in [2.75, 3.05) is 0 Å². The Hall–Kier alpha value is -1.11. The second-order valence-electron chi connectivity index (χ2n) is 1.66. The van der Waals surface area contributed by atoms with Crippen LogP contribution in [0.15, 0.2) is 30.5 Å².